The van der Waals surface area contributed by atoms with E-state index < -0.39 is 0 Å². The van der Waals surface area contributed by atoms with Gasteiger partial charge in [-0.15, -0.1) is 0 Å². The topological polar surface area (TPSA) is 68.0 Å². The van der Waals surface area contributed by atoms with E-state index in [2.05, 4.69) is 36.2 Å². The Morgan fingerprint density at radius 2 is 1.90 bits per heavy atom. The fourth-order valence-corrected chi connectivity index (χ4v) is 1.79. The van der Waals surface area contributed by atoms with Gasteiger partial charge in [0.15, 0.2) is 5.82 Å². The standard InChI is InChI=1S/C15H19N3O2/c1-10-17-13(20-18-10)9-16-14(19)11-5-7-12(8-6-11)15(2,3)4/h5-8H,9H2,1-4H3,(H,16,19). The normalized spacial score (nSPS) is 11.4. The number of nitrogens with zero attached hydrogens (tertiary/aromatic N) is 2. The van der Waals surface area contributed by atoms with Crippen LogP contribution in [-0.2, 0) is 12.0 Å². The molecule has 0 aliphatic carbocycles. The van der Waals surface area contributed by atoms with Gasteiger partial charge >= 0.3 is 0 Å². The zero-order chi connectivity index (χ0) is 14.8. The van der Waals surface area contributed by atoms with Gasteiger partial charge in [-0.25, -0.2) is 0 Å². The highest BCUT2D eigenvalue weighted by atomic mass is 16.5. The molecule has 1 amide bonds. The van der Waals surface area contributed by atoms with E-state index in [4.69, 9.17) is 4.52 Å². The molecule has 0 atom stereocenters. The van der Waals surface area contributed by atoms with E-state index in [-0.39, 0.29) is 17.9 Å². The Labute approximate surface area is 118 Å². The maximum absolute atomic E-state index is 12.0. The predicted octanol–water partition coefficient (Wildman–Crippen LogP) is 2.61. The molecule has 0 saturated carbocycles. The van der Waals surface area contributed by atoms with Gasteiger partial charge in [0, 0.05) is 5.56 Å². The van der Waals surface area contributed by atoms with Gasteiger partial charge in [0.1, 0.15) is 0 Å². The largest absolute Gasteiger partial charge is 0.343 e. The summed E-state index contributed by atoms with van der Waals surface area (Å²) in [7, 11) is 0. The molecule has 0 fully saturated rings. The minimum atomic E-state index is -0.152. The van der Waals surface area contributed by atoms with Crippen molar-refractivity contribution in [3.63, 3.8) is 0 Å². The Balaban J connectivity index is 1.99. The first kappa shape index (κ1) is 14.2. The second-order valence-electron chi connectivity index (χ2n) is 5.75. The first-order valence-electron chi connectivity index (χ1n) is 6.54. The summed E-state index contributed by atoms with van der Waals surface area (Å²) in [4.78, 5) is 16.0. The fourth-order valence-electron chi connectivity index (χ4n) is 1.79. The van der Waals surface area contributed by atoms with Gasteiger partial charge in [0.05, 0.1) is 6.54 Å². The van der Waals surface area contributed by atoms with Gasteiger partial charge in [-0.1, -0.05) is 38.1 Å². The van der Waals surface area contributed by atoms with Gasteiger partial charge in [-0.05, 0) is 30.0 Å². The monoisotopic (exact) mass is 273 g/mol. The summed E-state index contributed by atoms with van der Waals surface area (Å²) in [6, 6.07) is 7.61. The molecule has 106 valence electrons. The third-order valence-electron chi connectivity index (χ3n) is 2.98. The summed E-state index contributed by atoms with van der Waals surface area (Å²) in [5.41, 5.74) is 1.90. The zero-order valence-corrected chi connectivity index (χ0v) is 12.2. The van der Waals surface area contributed by atoms with Crippen LogP contribution in [0.4, 0.5) is 0 Å². The van der Waals surface area contributed by atoms with Gasteiger partial charge < -0.3 is 9.84 Å². The maximum Gasteiger partial charge on any atom is 0.251 e. The van der Waals surface area contributed by atoms with E-state index in [1.54, 1.807) is 6.92 Å². The smallest absolute Gasteiger partial charge is 0.251 e. The third-order valence-corrected chi connectivity index (χ3v) is 2.98. The van der Waals surface area contributed by atoms with Crippen LogP contribution in [0.2, 0.25) is 0 Å². The molecular weight excluding hydrogens is 254 g/mol. The van der Waals surface area contributed by atoms with Crippen LogP contribution in [0.1, 0.15) is 48.4 Å². The molecule has 0 saturated heterocycles. The summed E-state index contributed by atoms with van der Waals surface area (Å²) in [5, 5.41) is 6.42. The van der Waals surface area contributed by atoms with Gasteiger partial charge in [0.2, 0.25) is 5.89 Å². The summed E-state index contributed by atoms with van der Waals surface area (Å²) >= 11 is 0. The molecule has 0 aliphatic heterocycles. The Bertz CT molecular complexity index is 594. The van der Waals surface area contributed by atoms with Crippen LogP contribution in [0.15, 0.2) is 28.8 Å². The molecule has 1 aromatic carbocycles. The molecular formula is C15H19N3O2. The van der Waals surface area contributed by atoms with Crippen LogP contribution in [0, 0.1) is 6.92 Å². The average molecular weight is 273 g/mol. The van der Waals surface area contributed by atoms with E-state index in [0.29, 0.717) is 17.3 Å². The second kappa shape index (κ2) is 5.45. The number of hydrogen-bond donors (Lipinski definition) is 1. The highest BCUT2D eigenvalue weighted by Gasteiger charge is 2.14. The maximum atomic E-state index is 12.0. The van der Waals surface area contributed by atoms with Crippen molar-refractivity contribution in [3.8, 4) is 0 Å². The quantitative estimate of drug-likeness (QED) is 0.933. The molecule has 0 unspecified atom stereocenters. The summed E-state index contributed by atoms with van der Waals surface area (Å²) in [5.74, 6) is 0.812. The van der Waals surface area contributed by atoms with E-state index >= 15 is 0 Å². The number of nitrogens with one attached hydrogen (secondary N) is 1. The Hall–Kier alpha value is -2.17. The van der Waals surface area contributed by atoms with Crippen LogP contribution in [0.3, 0.4) is 0 Å². The molecule has 0 radical (unpaired) electrons. The Morgan fingerprint density at radius 3 is 2.40 bits per heavy atom. The second-order valence-corrected chi connectivity index (χ2v) is 5.75. The molecule has 20 heavy (non-hydrogen) atoms. The van der Waals surface area contributed by atoms with Gasteiger partial charge in [0.25, 0.3) is 5.91 Å². The van der Waals surface area contributed by atoms with E-state index in [0.717, 1.165) is 0 Å². The number of rotatable bonds is 3. The summed E-state index contributed by atoms with van der Waals surface area (Å²) < 4.78 is 4.94. The van der Waals surface area contributed by atoms with Gasteiger partial charge in [-0.3, -0.25) is 4.79 Å². The third kappa shape index (κ3) is 3.44. The molecule has 1 aromatic heterocycles. The number of carbonyl (C=O) groups excluding carboxylic acids is 1. The van der Waals surface area contributed by atoms with Crippen LogP contribution in [0.5, 0.6) is 0 Å². The molecule has 0 aliphatic rings. The van der Waals surface area contributed by atoms with Crippen LogP contribution < -0.4 is 5.32 Å². The molecule has 1 N–H and O–H groups in total. The minimum absolute atomic E-state index is 0.0797. The highest BCUT2D eigenvalue weighted by Crippen LogP contribution is 2.22. The summed E-state index contributed by atoms with van der Waals surface area (Å²) in [6.45, 7) is 8.39. The molecule has 1 heterocycles. The van der Waals surface area contributed by atoms with Crippen molar-refractivity contribution in [1.29, 1.82) is 0 Å². The van der Waals surface area contributed by atoms with Gasteiger partial charge in [-0.2, -0.15) is 4.98 Å². The van der Waals surface area contributed by atoms with Crippen LogP contribution in [-0.4, -0.2) is 16.0 Å². The number of carbonyl (C=O) groups is 1. The lowest BCUT2D eigenvalue weighted by Gasteiger charge is -2.18. The van der Waals surface area contributed by atoms with Crippen molar-refractivity contribution in [3.05, 3.63) is 47.1 Å². The number of amides is 1. The van der Waals surface area contributed by atoms with Crippen molar-refractivity contribution < 1.29 is 9.32 Å². The Morgan fingerprint density at radius 1 is 1.25 bits per heavy atom. The highest BCUT2D eigenvalue weighted by molar-refractivity contribution is 5.94. The molecule has 5 heteroatoms. The van der Waals surface area contributed by atoms with Crippen molar-refractivity contribution >= 4 is 5.91 Å². The number of aryl methyl sites for hydroxylation is 1. The first-order chi connectivity index (χ1) is 9.36. The average Bonchev–Trinajstić information content (AvgIpc) is 2.81. The molecule has 0 bridgehead atoms. The van der Waals surface area contributed by atoms with Crippen LogP contribution >= 0.6 is 0 Å². The minimum Gasteiger partial charge on any atom is -0.343 e. The molecule has 2 rings (SSSR count). The lowest BCUT2D eigenvalue weighted by molar-refractivity contribution is 0.0946. The first-order valence-corrected chi connectivity index (χ1v) is 6.54. The van der Waals surface area contributed by atoms with Crippen molar-refractivity contribution in [2.45, 2.75) is 39.7 Å². The lowest BCUT2D eigenvalue weighted by Crippen LogP contribution is -2.23. The lowest BCUT2D eigenvalue weighted by atomic mass is 9.87. The Kier molecular flexibility index (Phi) is 3.88. The zero-order valence-electron chi connectivity index (χ0n) is 12.2. The van der Waals surface area contributed by atoms with Crippen molar-refractivity contribution in [2.75, 3.05) is 0 Å². The van der Waals surface area contributed by atoms with Crippen molar-refractivity contribution in [1.82, 2.24) is 15.5 Å². The number of aromatic nitrogens is 2. The number of hydrogen-bond acceptors (Lipinski definition) is 4. The summed E-state index contributed by atoms with van der Waals surface area (Å²) in [6.07, 6.45) is 0. The molecule has 0 spiro atoms. The SMILES string of the molecule is Cc1noc(CNC(=O)c2ccc(C(C)(C)C)cc2)n1. The van der Waals surface area contributed by atoms with Crippen LogP contribution in [0.25, 0.3) is 0 Å². The van der Waals surface area contributed by atoms with E-state index in [1.165, 1.54) is 5.56 Å². The van der Waals surface area contributed by atoms with E-state index in [1.807, 2.05) is 24.3 Å². The van der Waals surface area contributed by atoms with Crippen molar-refractivity contribution in [2.24, 2.45) is 0 Å². The molecule has 2 aromatic rings. The number of benzene rings is 1. The van der Waals surface area contributed by atoms with E-state index in [9.17, 15) is 4.79 Å². The predicted molar refractivity (Wildman–Crippen MR) is 75.3 cm³/mol. The molecule has 5 nitrogen and oxygen atoms in total. The fraction of sp³-hybridized carbons (Fsp3) is 0.400.